The van der Waals surface area contributed by atoms with Crippen LogP contribution < -0.4 is 10.6 Å². The number of carbonyl (C=O) groups excluding carboxylic acids is 2. The van der Waals surface area contributed by atoms with Gasteiger partial charge in [-0.2, -0.15) is 0 Å². The highest BCUT2D eigenvalue weighted by Crippen LogP contribution is 2.22. The molecule has 2 aromatic heterocycles. The van der Waals surface area contributed by atoms with Crippen LogP contribution in [0.1, 0.15) is 15.5 Å². The van der Waals surface area contributed by atoms with Crippen molar-refractivity contribution in [3.63, 3.8) is 0 Å². The molecule has 28 heavy (non-hydrogen) atoms. The summed E-state index contributed by atoms with van der Waals surface area (Å²) in [6.07, 6.45) is 1.57. The standard InChI is InChI=1S/C17H18N8O2S/c26-15(13-11-25(23-20-13)9-8-24-7-6-18-17(24)27)19-10-14-21-22-16(28-14)12-4-2-1-3-5-12/h1-5,11H,6-10H2,(H,18,27)(H,19,26). The van der Waals surface area contributed by atoms with E-state index in [1.807, 2.05) is 30.3 Å². The molecule has 1 aliphatic heterocycles. The minimum atomic E-state index is -0.332. The predicted molar refractivity (Wildman–Crippen MR) is 102 cm³/mol. The number of rotatable bonds is 7. The Hall–Kier alpha value is -3.34. The van der Waals surface area contributed by atoms with Gasteiger partial charge in [-0.3, -0.25) is 4.79 Å². The molecule has 1 saturated heterocycles. The van der Waals surface area contributed by atoms with Gasteiger partial charge in [-0.15, -0.1) is 15.3 Å². The molecule has 3 heterocycles. The van der Waals surface area contributed by atoms with Crippen LogP contribution in [0.3, 0.4) is 0 Å². The summed E-state index contributed by atoms with van der Waals surface area (Å²) in [5, 5.41) is 23.1. The summed E-state index contributed by atoms with van der Waals surface area (Å²) in [6.45, 7) is 2.59. The molecule has 0 atom stereocenters. The summed E-state index contributed by atoms with van der Waals surface area (Å²) in [4.78, 5) is 25.5. The van der Waals surface area contributed by atoms with E-state index in [9.17, 15) is 9.59 Å². The average molecular weight is 398 g/mol. The minimum Gasteiger partial charge on any atom is -0.344 e. The summed E-state index contributed by atoms with van der Waals surface area (Å²) in [7, 11) is 0. The van der Waals surface area contributed by atoms with E-state index in [1.165, 1.54) is 11.3 Å². The smallest absolute Gasteiger partial charge is 0.317 e. The van der Waals surface area contributed by atoms with Crippen molar-refractivity contribution in [1.29, 1.82) is 0 Å². The van der Waals surface area contributed by atoms with Crippen LogP contribution >= 0.6 is 11.3 Å². The highest BCUT2D eigenvalue weighted by Gasteiger charge is 2.19. The van der Waals surface area contributed by atoms with Crippen molar-refractivity contribution in [1.82, 2.24) is 40.7 Å². The van der Waals surface area contributed by atoms with Crippen LogP contribution in [0.4, 0.5) is 4.79 Å². The molecule has 0 radical (unpaired) electrons. The Balaban J connectivity index is 1.29. The molecule has 1 aliphatic rings. The van der Waals surface area contributed by atoms with Gasteiger partial charge in [-0.25, -0.2) is 9.48 Å². The van der Waals surface area contributed by atoms with Gasteiger partial charge in [0.15, 0.2) is 5.69 Å². The summed E-state index contributed by atoms with van der Waals surface area (Å²) in [5.41, 5.74) is 1.21. The average Bonchev–Trinajstić information content (AvgIpc) is 3.46. The fraction of sp³-hybridized carbons (Fsp3) is 0.294. The maximum Gasteiger partial charge on any atom is 0.317 e. The topological polar surface area (TPSA) is 118 Å². The first kappa shape index (κ1) is 18.0. The summed E-state index contributed by atoms with van der Waals surface area (Å²) < 4.78 is 1.55. The first-order chi connectivity index (χ1) is 13.7. The molecule has 0 spiro atoms. The van der Waals surface area contributed by atoms with Crippen molar-refractivity contribution in [2.45, 2.75) is 13.1 Å². The molecule has 0 saturated carbocycles. The third-order valence-corrected chi connectivity index (χ3v) is 5.18. The van der Waals surface area contributed by atoms with Crippen molar-refractivity contribution in [3.8, 4) is 10.6 Å². The predicted octanol–water partition coefficient (Wildman–Crippen LogP) is 0.752. The molecule has 10 nitrogen and oxygen atoms in total. The number of benzene rings is 1. The van der Waals surface area contributed by atoms with Gasteiger partial charge in [0.25, 0.3) is 5.91 Å². The quantitative estimate of drug-likeness (QED) is 0.606. The lowest BCUT2D eigenvalue weighted by Crippen LogP contribution is -2.31. The van der Waals surface area contributed by atoms with Crippen LogP contribution in [0.15, 0.2) is 36.5 Å². The van der Waals surface area contributed by atoms with Crippen molar-refractivity contribution in [3.05, 3.63) is 47.2 Å². The molecule has 0 unspecified atom stereocenters. The normalized spacial score (nSPS) is 13.6. The van der Waals surface area contributed by atoms with Crippen LogP contribution in [0.5, 0.6) is 0 Å². The number of carbonyl (C=O) groups is 2. The number of urea groups is 1. The second-order valence-corrected chi connectivity index (χ2v) is 7.20. The largest absolute Gasteiger partial charge is 0.344 e. The lowest BCUT2D eigenvalue weighted by Gasteiger charge is -2.12. The number of hydrogen-bond acceptors (Lipinski definition) is 7. The van der Waals surface area contributed by atoms with E-state index in [0.29, 0.717) is 31.2 Å². The summed E-state index contributed by atoms with van der Waals surface area (Å²) >= 11 is 1.43. The van der Waals surface area contributed by atoms with Crippen molar-refractivity contribution < 1.29 is 9.59 Å². The van der Waals surface area contributed by atoms with Gasteiger partial charge in [0, 0.05) is 25.2 Å². The van der Waals surface area contributed by atoms with E-state index >= 15 is 0 Å². The van der Waals surface area contributed by atoms with Gasteiger partial charge in [-0.05, 0) is 0 Å². The van der Waals surface area contributed by atoms with Crippen LogP contribution in [0, 0.1) is 0 Å². The third-order valence-electron chi connectivity index (χ3n) is 4.20. The summed E-state index contributed by atoms with van der Waals surface area (Å²) in [5.74, 6) is -0.332. The second kappa shape index (κ2) is 8.13. The van der Waals surface area contributed by atoms with E-state index in [0.717, 1.165) is 10.6 Å². The lowest BCUT2D eigenvalue weighted by atomic mass is 10.2. The molecular weight excluding hydrogens is 380 g/mol. The zero-order valence-electron chi connectivity index (χ0n) is 14.9. The molecule has 144 valence electrons. The third kappa shape index (κ3) is 4.14. The molecule has 2 N–H and O–H groups in total. The Morgan fingerprint density at radius 1 is 1.18 bits per heavy atom. The zero-order chi connectivity index (χ0) is 19.3. The van der Waals surface area contributed by atoms with E-state index in [1.54, 1.807) is 15.8 Å². The maximum absolute atomic E-state index is 12.3. The van der Waals surface area contributed by atoms with E-state index < -0.39 is 0 Å². The number of nitrogens with one attached hydrogen (secondary N) is 2. The number of hydrogen-bond donors (Lipinski definition) is 2. The Bertz CT molecular complexity index is 970. The molecule has 1 aromatic carbocycles. The van der Waals surface area contributed by atoms with E-state index in [-0.39, 0.29) is 24.2 Å². The highest BCUT2D eigenvalue weighted by atomic mass is 32.1. The maximum atomic E-state index is 12.3. The van der Waals surface area contributed by atoms with Gasteiger partial charge < -0.3 is 15.5 Å². The minimum absolute atomic E-state index is 0.0787. The Morgan fingerprint density at radius 3 is 2.82 bits per heavy atom. The van der Waals surface area contributed by atoms with Gasteiger partial charge in [-0.1, -0.05) is 46.9 Å². The fourth-order valence-corrected chi connectivity index (χ4v) is 3.51. The van der Waals surface area contributed by atoms with Gasteiger partial charge >= 0.3 is 6.03 Å². The highest BCUT2D eigenvalue weighted by molar-refractivity contribution is 7.14. The van der Waals surface area contributed by atoms with Crippen LogP contribution in [0.2, 0.25) is 0 Å². The lowest BCUT2D eigenvalue weighted by molar-refractivity contribution is 0.0945. The molecule has 3 amide bonds. The van der Waals surface area contributed by atoms with Crippen molar-refractivity contribution in [2.24, 2.45) is 0 Å². The molecular formula is C17H18N8O2S. The monoisotopic (exact) mass is 398 g/mol. The molecule has 4 rings (SSSR count). The molecule has 1 fully saturated rings. The number of amides is 3. The number of aromatic nitrogens is 5. The molecule has 3 aromatic rings. The van der Waals surface area contributed by atoms with Gasteiger partial charge in [0.05, 0.1) is 19.3 Å². The van der Waals surface area contributed by atoms with Crippen LogP contribution in [-0.2, 0) is 13.1 Å². The fourth-order valence-electron chi connectivity index (χ4n) is 2.73. The Morgan fingerprint density at radius 2 is 2.04 bits per heavy atom. The number of nitrogens with zero attached hydrogens (tertiary/aromatic N) is 6. The summed E-state index contributed by atoms with van der Waals surface area (Å²) in [6, 6.07) is 9.68. The van der Waals surface area contributed by atoms with E-state index in [2.05, 4.69) is 31.1 Å². The second-order valence-electron chi connectivity index (χ2n) is 6.14. The molecule has 11 heteroatoms. The molecule has 0 bridgehead atoms. The van der Waals surface area contributed by atoms with E-state index in [4.69, 9.17) is 0 Å². The zero-order valence-corrected chi connectivity index (χ0v) is 15.7. The Labute approximate surface area is 164 Å². The Kier molecular flexibility index (Phi) is 5.24. The first-order valence-corrected chi connectivity index (χ1v) is 9.59. The van der Waals surface area contributed by atoms with Gasteiger partial charge in [0.1, 0.15) is 10.0 Å². The van der Waals surface area contributed by atoms with Crippen molar-refractivity contribution >= 4 is 23.3 Å². The van der Waals surface area contributed by atoms with Crippen molar-refractivity contribution in [2.75, 3.05) is 19.6 Å². The molecule has 0 aliphatic carbocycles. The SMILES string of the molecule is O=C(NCc1nnc(-c2ccccc2)s1)c1cn(CCN2CCNC2=O)nn1. The van der Waals surface area contributed by atoms with Crippen LogP contribution in [-0.4, -0.2) is 61.7 Å². The van der Waals surface area contributed by atoms with Gasteiger partial charge in [0.2, 0.25) is 0 Å². The van der Waals surface area contributed by atoms with Crippen LogP contribution in [0.25, 0.3) is 10.6 Å². The first-order valence-electron chi connectivity index (χ1n) is 8.78.